The maximum atomic E-state index is 6.36. The van der Waals surface area contributed by atoms with E-state index in [0.29, 0.717) is 18.2 Å². The SMILES string of the molecule is CN1[C@@H]2CC[C@H]1CC(Oc1cccc(-c3cnc4ccccc4n3)c1)C2. The summed E-state index contributed by atoms with van der Waals surface area (Å²) in [4.78, 5) is 11.8. The molecule has 3 aromatic rings. The Balaban J connectivity index is 1.38. The number of fused-ring (bicyclic) bond motifs is 3. The molecule has 0 saturated carbocycles. The molecule has 2 aromatic carbocycles. The van der Waals surface area contributed by atoms with Crippen molar-refractivity contribution in [3.8, 4) is 17.0 Å². The van der Waals surface area contributed by atoms with Gasteiger partial charge in [0, 0.05) is 17.6 Å². The Morgan fingerprint density at radius 1 is 0.962 bits per heavy atom. The van der Waals surface area contributed by atoms with Gasteiger partial charge in [-0.1, -0.05) is 24.3 Å². The van der Waals surface area contributed by atoms with Crippen molar-refractivity contribution in [3.63, 3.8) is 0 Å². The Hall–Kier alpha value is -2.46. The van der Waals surface area contributed by atoms with Gasteiger partial charge in [0.25, 0.3) is 0 Å². The number of piperidine rings is 1. The molecule has 132 valence electrons. The van der Waals surface area contributed by atoms with Crippen LogP contribution < -0.4 is 4.74 Å². The monoisotopic (exact) mass is 345 g/mol. The molecule has 0 amide bonds. The summed E-state index contributed by atoms with van der Waals surface area (Å²) in [6.07, 6.45) is 7.06. The van der Waals surface area contributed by atoms with E-state index in [2.05, 4.69) is 35.1 Å². The third-order valence-electron chi connectivity index (χ3n) is 5.94. The molecule has 2 bridgehead atoms. The Bertz CT molecular complexity index is 927. The van der Waals surface area contributed by atoms with Crippen LogP contribution >= 0.6 is 0 Å². The van der Waals surface area contributed by atoms with Gasteiger partial charge >= 0.3 is 0 Å². The van der Waals surface area contributed by atoms with Gasteiger partial charge in [-0.25, -0.2) is 4.98 Å². The molecular formula is C22H23N3O. The maximum absolute atomic E-state index is 6.36. The zero-order valence-corrected chi connectivity index (χ0v) is 15.0. The average Bonchev–Trinajstić information content (AvgIpc) is 2.89. The predicted octanol–water partition coefficient (Wildman–Crippen LogP) is 4.30. The first kappa shape index (κ1) is 15.8. The molecule has 2 aliphatic heterocycles. The molecule has 4 heteroatoms. The van der Waals surface area contributed by atoms with Crippen LogP contribution in [-0.2, 0) is 0 Å². The standard InChI is InChI=1S/C22H23N3O/c1-25-16-9-10-17(25)13-19(12-16)26-18-6-4-5-15(11-18)22-14-23-20-7-2-3-8-21(20)24-22/h2-8,11,14,16-17,19H,9-10,12-13H2,1H3/t16-,17+,19?. The Morgan fingerprint density at radius 2 is 1.73 bits per heavy atom. The molecule has 0 spiro atoms. The molecule has 0 N–H and O–H groups in total. The quantitative estimate of drug-likeness (QED) is 0.709. The van der Waals surface area contributed by atoms with Gasteiger partial charge in [0.05, 0.1) is 22.9 Å². The molecule has 1 aromatic heterocycles. The number of benzene rings is 2. The molecule has 2 saturated heterocycles. The second-order valence-corrected chi connectivity index (χ2v) is 7.53. The molecule has 3 heterocycles. The van der Waals surface area contributed by atoms with E-state index in [-0.39, 0.29) is 0 Å². The van der Waals surface area contributed by atoms with E-state index in [0.717, 1.165) is 40.9 Å². The number of hydrogen-bond acceptors (Lipinski definition) is 4. The van der Waals surface area contributed by atoms with Crippen molar-refractivity contribution in [1.29, 1.82) is 0 Å². The summed E-state index contributed by atoms with van der Waals surface area (Å²) < 4.78 is 6.36. The number of ether oxygens (including phenoxy) is 1. The molecule has 2 fully saturated rings. The van der Waals surface area contributed by atoms with Crippen LogP contribution in [0, 0.1) is 0 Å². The molecule has 4 nitrogen and oxygen atoms in total. The van der Waals surface area contributed by atoms with Crippen molar-refractivity contribution in [2.45, 2.75) is 43.9 Å². The highest BCUT2D eigenvalue weighted by atomic mass is 16.5. The minimum Gasteiger partial charge on any atom is -0.490 e. The van der Waals surface area contributed by atoms with E-state index >= 15 is 0 Å². The molecule has 1 unspecified atom stereocenters. The van der Waals surface area contributed by atoms with Gasteiger partial charge in [-0.3, -0.25) is 4.98 Å². The van der Waals surface area contributed by atoms with Gasteiger partial charge in [0.15, 0.2) is 0 Å². The van der Waals surface area contributed by atoms with Gasteiger partial charge in [0.2, 0.25) is 0 Å². The number of nitrogens with zero attached hydrogens (tertiary/aromatic N) is 3. The fourth-order valence-corrected chi connectivity index (χ4v) is 4.48. The van der Waals surface area contributed by atoms with Crippen molar-refractivity contribution >= 4 is 11.0 Å². The summed E-state index contributed by atoms with van der Waals surface area (Å²) in [5, 5.41) is 0. The molecule has 0 aliphatic carbocycles. The van der Waals surface area contributed by atoms with E-state index in [1.165, 1.54) is 12.8 Å². The first-order valence-corrected chi connectivity index (χ1v) is 9.47. The van der Waals surface area contributed by atoms with Gasteiger partial charge in [0.1, 0.15) is 11.9 Å². The fourth-order valence-electron chi connectivity index (χ4n) is 4.48. The van der Waals surface area contributed by atoms with Crippen LogP contribution in [0.15, 0.2) is 54.7 Å². The molecule has 0 radical (unpaired) electrons. The van der Waals surface area contributed by atoms with Crippen LogP contribution in [0.2, 0.25) is 0 Å². The number of rotatable bonds is 3. The van der Waals surface area contributed by atoms with Crippen LogP contribution in [0.4, 0.5) is 0 Å². The van der Waals surface area contributed by atoms with Crippen molar-refractivity contribution in [2.75, 3.05) is 7.05 Å². The minimum atomic E-state index is 0.321. The molecule has 5 rings (SSSR count). The number of aromatic nitrogens is 2. The van der Waals surface area contributed by atoms with Crippen LogP contribution in [0.25, 0.3) is 22.3 Å². The second-order valence-electron chi connectivity index (χ2n) is 7.53. The first-order chi connectivity index (χ1) is 12.8. The summed E-state index contributed by atoms with van der Waals surface area (Å²) >= 11 is 0. The van der Waals surface area contributed by atoms with E-state index in [1.807, 2.05) is 36.5 Å². The van der Waals surface area contributed by atoms with Crippen LogP contribution in [-0.4, -0.2) is 40.1 Å². The normalized spacial score (nSPS) is 25.5. The lowest BCUT2D eigenvalue weighted by atomic mass is 10.0. The smallest absolute Gasteiger partial charge is 0.120 e. The van der Waals surface area contributed by atoms with Crippen LogP contribution in [0.1, 0.15) is 25.7 Å². The van der Waals surface area contributed by atoms with E-state index < -0.39 is 0 Å². The van der Waals surface area contributed by atoms with E-state index in [9.17, 15) is 0 Å². The van der Waals surface area contributed by atoms with Crippen LogP contribution in [0.3, 0.4) is 0 Å². The molecule has 3 atom stereocenters. The lowest BCUT2D eigenvalue weighted by Crippen LogP contribution is -2.43. The molecule has 26 heavy (non-hydrogen) atoms. The first-order valence-electron chi connectivity index (χ1n) is 9.47. The minimum absolute atomic E-state index is 0.321. The lowest BCUT2D eigenvalue weighted by Gasteiger charge is -2.36. The summed E-state index contributed by atoms with van der Waals surface area (Å²) in [6.45, 7) is 0. The zero-order valence-electron chi connectivity index (χ0n) is 15.0. The van der Waals surface area contributed by atoms with E-state index in [4.69, 9.17) is 9.72 Å². The van der Waals surface area contributed by atoms with Crippen molar-refractivity contribution in [3.05, 3.63) is 54.7 Å². The highest BCUT2D eigenvalue weighted by Crippen LogP contribution is 2.36. The fraction of sp³-hybridized carbons (Fsp3) is 0.364. The highest BCUT2D eigenvalue weighted by molar-refractivity contribution is 5.77. The largest absolute Gasteiger partial charge is 0.490 e. The maximum Gasteiger partial charge on any atom is 0.120 e. The number of para-hydroxylation sites is 2. The van der Waals surface area contributed by atoms with Gasteiger partial charge in [-0.15, -0.1) is 0 Å². The predicted molar refractivity (Wildman–Crippen MR) is 103 cm³/mol. The zero-order chi connectivity index (χ0) is 17.5. The van der Waals surface area contributed by atoms with Crippen molar-refractivity contribution < 1.29 is 4.74 Å². The summed E-state index contributed by atoms with van der Waals surface area (Å²) in [6, 6.07) is 17.6. The molecular weight excluding hydrogens is 322 g/mol. The molecule has 2 aliphatic rings. The summed E-state index contributed by atoms with van der Waals surface area (Å²) in [7, 11) is 2.26. The van der Waals surface area contributed by atoms with Gasteiger partial charge in [-0.05, 0) is 57.0 Å². The topological polar surface area (TPSA) is 38.2 Å². The Morgan fingerprint density at radius 3 is 2.54 bits per heavy atom. The average molecular weight is 345 g/mol. The third-order valence-corrected chi connectivity index (χ3v) is 5.94. The van der Waals surface area contributed by atoms with E-state index in [1.54, 1.807) is 0 Å². The highest BCUT2D eigenvalue weighted by Gasteiger charge is 2.39. The Kier molecular flexibility index (Phi) is 3.86. The number of hydrogen-bond donors (Lipinski definition) is 0. The Labute approximate surface area is 153 Å². The summed E-state index contributed by atoms with van der Waals surface area (Å²) in [5.74, 6) is 0.936. The van der Waals surface area contributed by atoms with Gasteiger partial charge < -0.3 is 9.64 Å². The third kappa shape index (κ3) is 2.84. The van der Waals surface area contributed by atoms with Gasteiger partial charge in [-0.2, -0.15) is 0 Å². The lowest BCUT2D eigenvalue weighted by molar-refractivity contribution is 0.0662. The summed E-state index contributed by atoms with van der Waals surface area (Å²) in [5.41, 5.74) is 3.78. The van der Waals surface area contributed by atoms with Crippen molar-refractivity contribution in [2.24, 2.45) is 0 Å². The van der Waals surface area contributed by atoms with Crippen molar-refractivity contribution in [1.82, 2.24) is 14.9 Å². The van der Waals surface area contributed by atoms with Crippen LogP contribution in [0.5, 0.6) is 5.75 Å². The second kappa shape index (κ2) is 6.36.